The lowest BCUT2D eigenvalue weighted by molar-refractivity contribution is 0.899. The molecule has 0 amide bonds. The number of aromatic nitrogens is 4. The normalized spacial score (nSPS) is 10.8. The third kappa shape index (κ3) is 3.17. The summed E-state index contributed by atoms with van der Waals surface area (Å²) in [5, 5.41) is 1.03. The Balaban J connectivity index is 1.81. The average Bonchev–Trinajstić information content (AvgIpc) is 2.68. The van der Waals surface area contributed by atoms with E-state index in [-0.39, 0.29) is 0 Å². The molecule has 0 unspecified atom stereocenters. The number of para-hydroxylation sites is 1. The van der Waals surface area contributed by atoms with Gasteiger partial charge >= 0.3 is 0 Å². The van der Waals surface area contributed by atoms with E-state index in [4.69, 9.17) is 9.97 Å². The Morgan fingerprint density at radius 2 is 1.68 bits per heavy atom. The van der Waals surface area contributed by atoms with Gasteiger partial charge in [0.05, 0.1) is 5.52 Å². The number of pyridine rings is 2. The summed E-state index contributed by atoms with van der Waals surface area (Å²) in [6, 6.07) is 16.0. The lowest BCUT2D eigenvalue weighted by Crippen LogP contribution is -2.18. The third-order valence-electron chi connectivity index (χ3n) is 4.03. The maximum absolute atomic E-state index is 4.83. The first-order valence-corrected chi connectivity index (χ1v) is 8.08. The predicted molar refractivity (Wildman–Crippen MR) is 99.1 cm³/mol. The number of anilines is 1. The van der Waals surface area contributed by atoms with Crippen LogP contribution in [0.5, 0.6) is 0 Å². The van der Waals surface area contributed by atoms with Crippen molar-refractivity contribution in [1.82, 2.24) is 19.9 Å². The van der Waals surface area contributed by atoms with Crippen molar-refractivity contribution >= 4 is 16.7 Å². The highest BCUT2D eigenvalue weighted by Crippen LogP contribution is 2.27. The maximum atomic E-state index is 4.83. The summed E-state index contributed by atoms with van der Waals surface area (Å²) in [6.07, 6.45) is 7.16. The topological polar surface area (TPSA) is 54.8 Å². The smallest absolute Gasteiger partial charge is 0.163 e. The minimum Gasteiger partial charge on any atom is -0.355 e. The van der Waals surface area contributed by atoms with Gasteiger partial charge < -0.3 is 4.90 Å². The van der Waals surface area contributed by atoms with Crippen LogP contribution in [0.25, 0.3) is 22.3 Å². The van der Waals surface area contributed by atoms with E-state index < -0.39 is 0 Å². The van der Waals surface area contributed by atoms with Gasteiger partial charge in [-0.05, 0) is 42.0 Å². The van der Waals surface area contributed by atoms with Crippen LogP contribution < -0.4 is 4.90 Å². The molecule has 4 aromatic rings. The lowest BCUT2D eigenvalue weighted by Gasteiger charge is -2.20. The van der Waals surface area contributed by atoms with Crippen molar-refractivity contribution in [3.05, 3.63) is 78.9 Å². The van der Waals surface area contributed by atoms with Gasteiger partial charge in [-0.2, -0.15) is 0 Å². The van der Waals surface area contributed by atoms with E-state index >= 15 is 0 Å². The van der Waals surface area contributed by atoms with Crippen LogP contribution in [0.4, 0.5) is 5.82 Å². The molecule has 0 saturated carbocycles. The summed E-state index contributed by atoms with van der Waals surface area (Å²) < 4.78 is 0. The maximum Gasteiger partial charge on any atom is 0.163 e. The molecule has 0 aliphatic carbocycles. The van der Waals surface area contributed by atoms with E-state index in [1.807, 2.05) is 61.9 Å². The molecule has 5 nitrogen and oxygen atoms in total. The number of benzene rings is 1. The summed E-state index contributed by atoms with van der Waals surface area (Å²) in [6.45, 7) is 0.746. The number of hydrogen-bond acceptors (Lipinski definition) is 5. The van der Waals surface area contributed by atoms with Crippen molar-refractivity contribution in [3.63, 3.8) is 0 Å². The van der Waals surface area contributed by atoms with Gasteiger partial charge in [-0.25, -0.2) is 9.97 Å². The van der Waals surface area contributed by atoms with Crippen molar-refractivity contribution in [1.29, 1.82) is 0 Å². The number of rotatable bonds is 4. The van der Waals surface area contributed by atoms with E-state index in [0.29, 0.717) is 5.82 Å². The molecule has 0 atom stereocenters. The molecule has 0 radical (unpaired) electrons. The molecule has 4 rings (SSSR count). The average molecular weight is 327 g/mol. The molecule has 0 fully saturated rings. The molecule has 122 valence electrons. The molecule has 0 aliphatic rings. The standard InChI is InChI=1S/C20H17N5/c1-25(14-15-8-11-21-12-9-15)20-17-6-2-3-7-18(17)23-19(24-20)16-5-4-10-22-13-16/h2-13H,14H2,1H3. The molecular weight excluding hydrogens is 310 g/mol. The van der Waals surface area contributed by atoms with E-state index in [1.54, 1.807) is 12.4 Å². The molecule has 1 aromatic carbocycles. The molecule has 25 heavy (non-hydrogen) atoms. The first-order valence-electron chi connectivity index (χ1n) is 8.08. The minimum absolute atomic E-state index is 0.684. The quantitative estimate of drug-likeness (QED) is 0.572. The Morgan fingerprint density at radius 3 is 2.48 bits per heavy atom. The fraction of sp³-hybridized carbons (Fsp3) is 0.100. The second kappa shape index (κ2) is 6.65. The highest BCUT2D eigenvalue weighted by molar-refractivity contribution is 5.90. The van der Waals surface area contributed by atoms with Crippen molar-refractivity contribution in [2.75, 3.05) is 11.9 Å². The van der Waals surface area contributed by atoms with Gasteiger partial charge in [0.25, 0.3) is 0 Å². The number of fused-ring (bicyclic) bond motifs is 1. The summed E-state index contributed by atoms with van der Waals surface area (Å²) in [5.41, 5.74) is 3.02. The highest BCUT2D eigenvalue weighted by atomic mass is 15.2. The van der Waals surface area contributed by atoms with Gasteiger partial charge in [0.2, 0.25) is 0 Å². The van der Waals surface area contributed by atoms with Crippen LogP contribution in [0.3, 0.4) is 0 Å². The van der Waals surface area contributed by atoms with Gasteiger partial charge in [-0.3, -0.25) is 9.97 Å². The second-order valence-corrected chi connectivity index (χ2v) is 5.84. The van der Waals surface area contributed by atoms with Crippen molar-refractivity contribution in [3.8, 4) is 11.4 Å². The molecule has 5 heteroatoms. The lowest BCUT2D eigenvalue weighted by atomic mass is 10.2. The van der Waals surface area contributed by atoms with Gasteiger partial charge in [0.1, 0.15) is 5.82 Å². The highest BCUT2D eigenvalue weighted by Gasteiger charge is 2.13. The van der Waals surface area contributed by atoms with Crippen LogP contribution in [0.1, 0.15) is 5.56 Å². The Kier molecular flexibility index (Phi) is 4.04. The summed E-state index contributed by atoms with van der Waals surface area (Å²) in [5.74, 6) is 1.59. The first-order chi connectivity index (χ1) is 12.3. The van der Waals surface area contributed by atoms with Crippen LogP contribution in [0, 0.1) is 0 Å². The molecule has 0 saturated heterocycles. The monoisotopic (exact) mass is 327 g/mol. The second-order valence-electron chi connectivity index (χ2n) is 5.84. The largest absolute Gasteiger partial charge is 0.355 e. The minimum atomic E-state index is 0.684. The SMILES string of the molecule is CN(Cc1ccncc1)c1nc(-c2cccnc2)nc2ccccc12. The van der Waals surface area contributed by atoms with Crippen molar-refractivity contribution in [2.24, 2.45) is 0 Å². The first kappa shape index (κ1) is 15.2. The summed E-state index contributed by atoms with van der Waals surface area (Å²) in [4.78, 5) is 19.9. The molecule has 0 bridgehead atoms. The number of nitrogens with zero attached hydrogens (tertiary/aromatic N) is 5. The Labute approximate surface area is 146 Å². The molecule has 0 spiro atoms. The third-order valence-corrected chi connectivity index (χ3v) is 4.03. The van der Waals surface area contributed by atoms with Crippen LogP contribution in [-0.2, 0) is 6.54 Å². The van der Waals surface area contributed by atoms with E-state index in [9.17, 15) is 0 Å². The van der Waals surface area contributed by atoms with Crippen LogP contribution >= 0.6 is 0 Å². The van der Waals surface area contributed by atoms with E-state index in [1.165, 1.54) is 5.56 Å². The Bertz CT molecular complexity index is 987. The van der Waals surface area contributed by atoms with Crippen LogP contribution in [0.15, 0.2) is 73.3 Å². The van der Waals surface area contributed by atoms with Gasteiger partial charge in [0, 0.05) is 49.3 Å². The fourth-order valence-electron chi connectivity index (χ4n) is 2.81. The van der Waals surface area contributed by atoms with Gasteiger partial charge in [-0.1, -0.05) is 12.1 Å². The molecule has 3 aromatic heterocycles. The zero-order valence-corrected chi connectivity index (χ0v) is 13.9. The van der Waals surface area contributed by atoms with Gasteiger partial charge in [-0.15, -0.1) is 0 Å². The predicted octanol–water partition coefficient (Wildman–Crippen LogP) is 3.72. The molecule has 0 aliphatic heterocycles. The summed E-state index contributed by atoms with van der Waals surface area (Å²) in [7, 11) is 2.04. The fourth-order valence-corrected chi connectivity index (χ4v) is 2.81. The van der Waals surface area contributed by atoms with Crippen molar-refractivity contribution in [2.45, 2.75) is 6.54 Å². The summed E-state index contributed by atoms with van der Waals surface area (Å²) >= 11 is 0. The molecule has 3 heterocycles. The van der Waals surface area contributed by atoms with Crippen LogP contribution in [0.2, 0.25) is 0 Å². The molecular formula is C20H17N5. The zero-order valence-electron chi connectivity index (χ0n) is 13.9. The Hall–Kier alpha value is -3.34. The van der Waals surface area contributed by atoms with E-state index in [0.717, 1.165) is 28.8 Å². The Morgan fingerprint density at radius 1 is 0.840 bits per heavy atom. The van der Waals surface area contributed by atoms with Gasteiger partial charge in [0.15, 0.2) is 5.82 Å². The van der Waals surface area contributed by atoms with Crippen LogP contribution in [-0.4, -0.2) is 27.0 Å². The number of hydrogen-bond donors (Lipinski definition) is 0. The van der Waals surface area contributed by atoms with E-state index in [2.05, 4.69) is 20.9 Å². The zero-order chi connectivity index (χ0) is 17.1. The molecule has 0 N–H and O–H groups in total. The van der Waals surface area contributed by atoms with Crippen molar-refractivity contribution < 1.29 is 0 Å².